The fourth-order valence-corrected chi connectivity index (χ4v) is 4.66. The molecule has 1 unspecified atom stereocenters. The third kappa shape index (κ3) is 8.24. The van der Waals surface area contributed by atoms with E-state index in [0.29, 0.717) is 35.8 Å². The molecule has 5 rings (SSSR count). The van der Waals surface area contributed by atoms with Crippen LogP contribution in [0.2, 0.25) is 0 Å². The van der Waals surface area contributed by atoms with Gasteiger partial charge in [-0.15, -0.1) is 0 Å². The van der Waals surface area contributed by atoms with E-state index in [9.17, 15) is 10.2 Å². The highest BCUT2D eigenvalue weighted by Crippen LogP contribution is 2.38. The average molecular weight is 595 g/mol. The lowest BCUT2D eigenvalue weighted by molar-refractivity contribution is 0.203. The molecule has 0 aliphatic rings. The zero-order valence-electron chi connectivity index (χ0n) is 25.4. The Balaban J connectivity index is 0.000000215. The number of aliphatic hydroxyl groups is 1. The van der Waals surface area contributed by atoms with Gasteiger partial charge in [0.25, 0.3) is 0 Å². The number of phenols is 1. The maximum absolute atomic E-state index is 10.9. The summed E-state index contributed by atoms with van der Waals surface area (Å²) in [5, 5.41) is 20.8. The second-order valence-corrected chi connectivity index (χ2v) is 9.80. The van der Waals surface area contributed by atoms with Crippen molar-refractivity contribution in [3.8, 4) is 34.5 Å². The van der Waals surface area contributed by atoms with Crippen LogP contribution in [-0.4, -0.2) is 38.7 Å². The van der Waals surface area contributed by atoms with Crippen molar-refractivity contribution in [1.82, 2.24) is 0 Å². The molecule has 0 radical (unpaired) electrons. The molecular weight excluding hydrogens is 556 g/mol. The van der Waals surface area contributed by atoms with E-state index in [2.05, 4.69) is 0 Å². The molecule has 0 aliphatic heterocycles. The van der Waals surface area contributed by atoms with Gasteiger partial charge in [0.15, 0.2) is 0 Å². The predicted molar refractivity (Wildman–Crippen MR) is 171 cm³/mol. The van der Waals surface area contributed by atoms with Crippen LogP contribution in [0.5, 0.6) is 34.5 Å². The molecule has 0 saturated heterocycles. The number of aliphatic hydroxyl groups excluding tert-OH is 1. The quantitative estimate of drug-likeness (QED) is 0.165. The molecule has 5 aromatic rings. The molecule has 0 aromatic heterocycles. The molecule has 2 N–H and O–H groups in total. The largest absolute Gasteiger partial charge is 0.508 e. The molecule has 0 bridgehead atoms. The van der Waals surface area contributed by atoms with Crippen molar-refractivity contribution in [1.29, 1.82) is 0 Å². The Hall–Kier alpha value is -5.14. The molecule has 7 heteroatoms. The van der Waals surface area contributed by atoms with Gasteiger partial charge >= 0.3 is 0 Å². The molecule has 1 atom stereocenters. The summed E-state index contributed by atoms with van der Waals surface area (Å²) in [6, 6.07) is 35.8. The van der Waals surface area contributed by atoms with Crippen LogP contribution >= 0.6 is 0 Å². The molecule has 44 heavy (non-hydrogen) atoms. The summed E-state index contributed by atoms with van der Waals surface area (Å²) in [5.74, 6) is 3.69. The van der Waals surface area contributed by atoms with Gasteiger partial charge in [-0.3, -0.25) is 0 Å². The summed E-state index contributed by atoms with van der Waals surface area (Å²) in [5.41, 5.74) is 4.29. The second kappa shape index (κ2) is 15.9. The summed E-state index contributed by atoms with van der Waals surface area (Å²) in [6.45, 7) is 0.413. The van der Waals surface area contributed by atoms with Crippen molar-refractivity contribution in [2.75, 3.05) is 28.4 Å². The molecular formula is C37H38O7. The Kier molecular flexibility index (Phi) is 11.5. The Labute approximate surface area is 258 Å². The van der Waals surface area contributed by atoms with Gasteiger partial charge in [0.05, 0.1) is 34.0 Å². The molecule has 7 nitrogen and oxygen atoms in total. The molecule has 0 fully saturated rings. The Morgan fingerprint density at radius 1 is 0.545 bits per heavy atom. The van der Waals surface area contributed by atoms with E-state index in [4.69, 9.17) is 23.7 Å². The SMILES string of the molecule is COc1ccc(C(O)c2c(OC)cccc2OCc2ccccc2)cc1.COc1ccc(Cc2c(O)cccc2OC)cc1. The number of methoxy groups -OCH3 is 4. The minimum absolute atomic E-state index is 0.255. The molecule has 228 valence electrons. The van der Waals surface area contributed by atoms with Gasteiger partial charge in [-0.05, 0) is 65.2 Å². The van der Waals surface area contributed by atoms with E-state index in [1.165, 1.54) is 0 Å². The van der Waals surface area contributed by atoms with Crippen LogP contribution in [0.15, 0.2) is 115 Å². The Bertz CT molecular complexity index is 1580. The molecule has 0 amide bonds. The number of aromatic hydroxyl groups is 1. The van der Waals surface area contributed by atoms with Crippen molar-refractivity contribution in [3.63, 3.8) is 0 Å². The van der Waals surface area contributed by atoms with Crippen molar-refractivity contribution in [2.24, 2.45) is 0 Å². The van der Waals surface area contributed by atoms with E-state index in [-0.39, 0.29) is 5.75 Å². The first-order valence-electron chi connectivity index (χ1n) is 14.1. The van der Waals surface area contributed by atoms with Crippen LogP contribution in [0, 0.1) is 0 Å². The average Bonchev–Trinajstić information content (AvgIpc) is 3.08. The third-order valence-corrected chi connectivity index (χ3v) is 7.06. The monoisotopic (exact) mass is 594 g/mol. The standard InChI is InChI=1S/C22H22O4.C15H16O3/c1-24-18-13-11-17(12-14-18)22(23)21-19(25-2)9-6-10-20(21)26-15-16-7-4-3-5-8-16;1-17-12-8-6-11(7-9-12)10-13-14(16)4-3-5-15(13)18-2/h3-14,22-23H,15H2,1-2H3;3-9,16H,10H2,1-2H3. The smallest absolute Gasteiger partial charge is 0.129 e. The van der Waals surface area contributed by atoms with Crippen molar-refractivity contribution in [2.45, 2.75) is 19.1 Å². The highest BCUT2D eigenvalue weighted by molar-refractivity contribution is 5.50. The maximum Gasteiger partial charge on any atom is 0.129 e. The van der Waals surface area contributed by atoms with Crippen LogP contribution in [0.4, 0.5) is 0 Å². The second-order valence-electron chi connectivity index (χ2n) is 9.80. The first kappa shape index (κ1) is 31.8. The summed E-state index contributed by atoms with van der Waals surface area (Å²) in [6.07, 6.45) is -0.248. The Morgan fingerprint density at radius 3 is 1.73 bits per heavy atom. The van der Waals surface area contributed by atoms with Crippen LogP contribution in [0.25, 0.3) is 0 Å². The maximum atomic E-state index is 10.9. The summed E-state index contributed by atoms with van der Waals surface area (Å²) in [7, 11) is 6.44. The molecule has 0 heterocycles. The van der Waals surface area contributed by atoms with Gasteiger partial charge < -0.3 is 33.9 Å². The summed E-state index contributed by atoms with van der Waals surface area (Å²) in [4.78, 5) is 0. The van der Waals surface area contributed by atoms with Gasteiger partial charge in [-0.2, -0.15) is 0 Å². The third-order valence-electron chi connectivity index (χ3n) is 7.06. The highest BCUT2D eigenvalue weighted by Gasteiger charge is 2.21. The van der Waals surface area contributed by atoms with E-state index in [1.54, 1.807) is 40.6 Å². The van der Waals surface area contributed by atoms with Crippen LogP contribution in [0.1, 0.15) is 33.9 Å². The van der Waals surface area contributed by atoms with E-state index in [1.807, 2.05) is 103 Å². The first-order valence-corrected chi connectivity index (χ1v) is 14.1. The molecule has 0 saturated carbocycles. The van der Waals surface area contributed by atoms with Gasteiger partial charge in [-0.1, -0.05) is 66.7 Å². The minimum Gasteiger partial charge on any atom is -0.508 e. The van der Waals surface area contributed by atoms with Gasteiger partial charge in [0.1, 0.15) is 47.2 Å². The lowest BCUT2D eigenvalue weighted by Gasteiger charge is -2.20. The van der Waals surface area contributed by atoms with E-state index < -0.39 is 6.10 Å². The van der Waals surface area contributed by atoms with Crippen molar-refractivity contribution in [3.05, 3.63) is 143 Å². The fourth-order valence-electron chi connectivity index (χ4n) is 4.66. The van der Waals surface area contributed by atoms with Crippen molar-refractivity contribution < 1.29 is 33.9 Å². The Morgan fingerprint density at radius 2 is 1.11 bits per heavy atom. The number of phenolic OH excluding ortho intramolecular Hbond substituents is 1. The van der Waals surface area contributed by atoms with E-state index >= 15 is 0 Å². The lowest BCUT2D eigenvalue weighted by atomic mass is 9.99. The summed E-state index contributed by atoms with van der Waals surface area (Å²) < 4.78 is 27.0. The minimum atomic E-state index is -0.872. The topological polar surface area (TPSA) is 86.6 Å². The number of hydrogen-bond acceptors (Lipinski definition) is 7. The predicted octanol–water partition coefficient (Wildman–Crippen LogP) is 7.36. The van der Waals surface area contributed by atoms with Crippen molar-refractivity contribution >= 4 is 0 Å². The van der Waals surface area contributed by atoms with Crippen LogP contribution < -0.4 is 23.7 Å². The molecule has 0 aliphatic carbocycles. The van der Waals surface area contributed by atoms with Gasteiger partial charge in [0.2, 0.25) is 0 Å². The normalized spacial score (nSPS) is 11.0. The number of ether oxygens (including phenoxy) is 5. The van der Waals surface area contributed by atoms with Crippen LogP contribution in [-0.2, 0) is 13.0 Å². The summed E-state index contributed by atoms with van der Waals surface area (Å²) >= 11 is 0. The highest BCUT2D eigenvalue weighted by atomic mass is 16.5. The van der Waals surface area contributed by atoms with Gasteiger partial charge in [0, 0.05) is 12.0 Å². The number of rotatable bonds is 11. The number of hydrogen-bond donors (Lipinski definition) is 2. The lowest BCUT2D eigenvalue weighted by Crippen LogP contribution is -2.06. The fraction of sp³-hybridized carbons (Fsp3) is 0.189. The molecule has 5 aromatic carbocycles. The van der Waals surface area contributed by atoms with Crippen LogP contribution in [0.3, 0.4) is 0 Å². The first-order chi connectivity index (χ1) is 21.5. The molecule has 0 spiro atoms. The zero-order valence-corrected chi connectivity index (χ0v) is 25.4. The zero-order chi connectivity index (χ0) is 31.3. The van der Waals surface area contributed by atoms with E-state index in [0.717, 1.165) is 33.8 Å². The van der Waals surface area contributed by atoms with Gasteiger partial charge in [-0.25, -0.2) is 0 Å². The number of benzene rings is 5.